The van der Waals surface area contributed by atoms with E-state index < -0.39 is 0 Å². The predicted molar refractivity (Wildman–Crippen MR) is 117 cm³/mol. The van der Waals surface area contributed by atoms with Crippen LogP contribution in [0, 0.1) is 0 Å². The lowest BCUT2D eigenvalue weighted by Crippen LogP contribution is -2.32. The normalized spacial score (nSPS) is 20.1. The van der Waals surface area contributed by atoms with E-state index >= 15 is 0 Å². The summed E-state index contributed by atoms with van der Waals surface area (Å²) in [5.41, 5.74) is 3.92. The number of rotatable bonds is 7. The van der Waals surface area contributed by atoms with Crippen molar-refractivity contribution in [1.29, 1.82) is 0 Å². The van der Waals surface area contributed by atoms with Gasteiger partial charge in [0.1, 0.15) is 0 Å². The van der Waals surface area contributed by atoms with Crippen LogP contribution in [0.4, 0.5) is 0 Å². The third-order valence-electron chi connectivity index (χ3n) is 6.45. The van der Waals surface area contributed by atoms with Crippen molar-refractivity contribution in [2.24, 2.45) is 0 Å². The first-order valence-electron chi connectivity index (χ1n) is 11.4. The molecular weight excluding hydrogens is 342 g/mol. The van der Waals surface area contributed by atoms with Crippen molar-refractivity contribution in [3.05, 3.63) is 60.2 Å². The SMILES string of the molecule is c1ccc(-c2ccc(C(CCN3CCCCC3)OC3CCCCC3)cc2)cc1. The summed E-state index contributed by atoms with van der Waals surface area (Å²) in [6.07, 6.45) is 12.4. The predicted octanol–water partition coefficient (Wildman–Crippen LogP) is 6.62. The van der Waals surface area contributed by atoms with Gasteiger partial charge in [0.25, 0.3) is 0 Å². The molecule has 0 bridgehead atoms. The number of benzene rings is 2. The Morgan fingerprint density at radius 3 is 2.11 bits per heavy atom. The highest BCUT2D eigenvalue weighted by molar-refractivity contribution is 5.63. The van der Waals surface area contributed by atoms with Gasteiger partial charge in [-0.3, -0.25) is 0 Å². The maximum Gasteiger partial charge on any atom is 0.0840 e. The summed E-state index contributed by atoms with van der Waals surface area (Å²) in [5, 5.41) is 0. The standard InChI is InChI=1S/C26H35NO/c1-4-10-22(11-5-1)23-14-16-24(17-15-23)26(28-25-12-6-2-7-13-25)18-21-27-19-8-3-9-20-27/h1,4-5,10-11,14-17,25-26H,2-3,6-9,12-13,18-21H2. The molecule has 2 heteroatoms. The van der Waals surface area contributed by atoms with Crippen LogP contribution in [0.15, 0.2) is 54.6 Å². The van der Waals surface area contributed by atoms with Crippen molar-refractivity contribution < 1.29 is 4.74 Å². The number of nitrogens with zero attached hydrogens (tertiary/aromatic N) is 1. The molecule has 0 amide bonds. The molecule has 2 fully saturated rings. The average molecular weight is 378 g/mol. The fourth-order valence-corrected chi connectivity index (χ4v) is 4.75. The van der Waals surface area contributed by atoms with Gasteiger partial charge in [-0.05, 0) is 61.9 Å². The minimum absolute atomic E-state index is 0.231. The Hall–Kier alpha value is -1.64. The van der Waals surface area contributed by atoms with Gasteiger partial charge in [-0.2, -0.15) is 0 Å². The number of hydrogen-bond acceptors (Lipinski definition) is 2. The van der Waals surface area contributed by atoms with E-state index in [9.17, 15) is 0 Å². The Morgan fingerprint density at radius 1 is 0.750 bits per heavy atom. The molecule has 2 aromatic rings. The maximum atomic E-state index is 6.69. The van der Waals surface area contributed by atoms with Crippen molar-refractivity contribution >= 4 is 0 Å². The molecule has 1 heterocycles. The molecule has 1 aliphatic heterocycles. The molecule has 4 rings (SSSR count). The third kappa shape index (κ3) is 5.46. The molecule has 0 N–H and O–H groups in total. The fraction of sp³-hybridized carbons (Fsp3) is 0.538. The summed E-state index contributed by atoms with van der Waals surface area (Å²) in [6, 6.07) is 19.8. The molecule has 1 unspecified atom stereocenters. The van der Waals surface area contributed by atoms with Gasteiger partial charge < -0.3 is 9.64 Å². The summed E-state index contributed by atoms with van der Waals surface area (Å²) >= 11 is 0. The van der Waals surface area contributed by atoms with Gasteiger partial charge in [-0.15, -0.1) is 0 Å². The smallest absolute Gasteiger partial charge is 0.0840 e. The van der Waals surface area contributed by atoms with Crippen LogP contribution in [-0.4, -0.2) is 30.6 Å². The highest BCUT2D eigenvalue weighted by Crippen LogP contribution is 2.31. The van der Waals surface area contributed by atoms with E-state index in [-0.39, 0.29) is 6.10 Å². The second-order valence-electron chi connectivity index (χ2n) is 8.56. The molecule has 28 heavy (non-hydrogen) atoms. The van der Waals surface area contributed by atoms with E-state index in [0.717, 1.165) is 13.0 Å². The first-order chi connectivity index (χ1) is 13.9. The molecule has 150 valence electrons. The van der Waals surface area contributed by atoms with Crippen LogP contribution in [0.3, 0.4) is 0 Å². The minimum Gasteiger partial charge on any atom is -0.370 e. The van der Waals surface area contributed by atoms with E-state index in [1.54, 1.807) is 0 Å². The van der Waals surface area contributed by atoms with E-state index in [2.05, 4.69) is 59.5 Å². The van der Waals surface area contributed by atoms with Crippen LogP contribution in [0.1, 0.15) is 69.5 Å². The Kier molecular flexibility index (Phi) is 7.18. The monoisotopic (exact) mass is 377 g/mol. The third-order valence-corrected chi connectivity index (χ3v) is 6.45. The molecule has 2 aliphatic rings. The maximum absolute atomic E-state index is 6.69. The summed E-state index contributed by atoms with van der Waals surface area (Å²) < 4.78 is 6.69. The summed E-state index contributed by atoms with van der Waals surface area (Å²) in [5.74, 6) is 0. The van der Waals surface area contributed by atoms with Gasteiger partial charge in [-0.25, -0.2) is 0 Å². The molecule has 0 aromatic heterocycles. The second-order valence-corrected chi connectivity index (χ2v) is 8.56. The number of likely N-dealkylation sites (tertiary alicyclic amines) is 1. The Morgan fingerprint density at radius 2 is 1.39 bits per heavy atom. The lowest BCUT2D eigenvalue weighted by molar-refractivity contribution is -0.0391. The lowest BCUT2D eigenvalue weighted by Gasteiger charge is -2.31. The molecular formula is C26H35NO. The molecule has 1 saturated carbocycles. The lowest BCUT2D eigenvalue weighted by atomic mass is 9.96. The topological polar surface area (TPSA) is 12.5 Å². The Bertz CT molecular complexity index is 684. The molecule has 0 radical (unpaired) electrons. The van der Waals surface area contributed by atoms with Crippen LogP contribution < -0.4 is 0 Å². The van der Waals surface area contributed by atoms with Gasteiger partial charge in [0, 0.05) is 6.54 Å². The molecule has 1 saturated heterocycles. The van der Waals surface area contributed by atoms with Crippen LogP contribution in [-0.2, 0) is 4.74 Å². The van der Waals surface area contributed by atoms with E-state index in [0.29, 0.717) is 6.10 Å². The van der Waals surface area contributed by atoms with Crippen LogP contribution in [0.25, 0.3) is 11.1 Å². The van der Waals surface area contributed by atoms with Crippen molar-refractivity contribution in [3.63, 3.8) is 0 Å². The molecule has 2 aromatic carbocycles. The Balaban J connectivity index is 1.44. The van der Waals surface area contributed by atoms with Crippen molar-refractivity contribution in [2.75, 3.05) is 19.6 Å². The van der Waals surface area contributed by atoms with Crippen LogP contribution in [0.2, 0.25) is 0 Å². The minimum atomic E-state index is 0.231. The van der Waals surface area contributed by atoms with Crippen molar-refractivity contribution in [3.8, 4) is 11.1 Å². The van der Waals surface area contributed by atoms with Gasteiger partial charge >= 0.3 is 0 Å². The summed E-state index contributed by atoms with van der Waals surface area (Å²) in [7, 11) is 0. The summed E-state index contributed by atoms with van der Waals surface area (Å²) in [6.45, 7) is 3.70. The summed E-state index contributed by atoms with van der Waals surface area (Å²) in [4.78, 5) is 2.64. The Labute approximate surface area is 170 Å². The van der Waals surface area contributed by atoms with Gasteiger partial charge in [0.15, 0.2) is 0 Å². The van der Waals surface area contributed by atoms with Gasteiger partial charge in [0.05, 0.1) is 12.2 Å². The zero-order chi connectivity index (χ0) is 19.0. The van der Waals surface area contributed by atoms with Crippen molar-refractivity contribution in [2.45, 2.75) is 70.0 Å². The largest absolute Gasteiger partial charge is 0.370 e. The quantitative estimate of drug-likeness (QED) is 0.537. The first-order valence-corrected chi connectivity index (χ1v) is 11.4. The number of ether oxygens (including phenoxy) is 1. The number of piperidine rings is 1. The highest BCUT2D eigenvalue weighted by atomic mass is 16.5. The van der Waals surface area contributed by atoms with Gasteiger partial charge in [-0.1, -0.05) is 80.3 Å². The fourth-order valence-electron chi connectivity index (χ4n) is 4.75. The molecule has 1 atom stereocenters. The zero-order valence-electron chi connectivity index (χ0n) is 17.2. The van der Waals surface area contributed by atoms with Crippen LogP contribution in [0.5, 0.6) is 0 Å². The zero-order valence-corrected chi connectivity index (χ0v) is 17.2. The van der Waals surface area contributed by atoms with Gasteiger partial charge in [0.2, 0.25) is 0 Å². The van der Waals surface area contributed by atoms with Crippen LogP contribution >= 0.6 is 0 Å². The molecule has 1 aliphatic carbocycles. The number of hydrogen-bond donors (Lipinski definition) is 0. The van der Waals surface area contributed by atoms with Crippen molar-refractivity contribution in [1.82, 2.24) is 4.90 Å². The average Bonchev–Trinajstić information content (AvgIpc) is 2.79. The van der Waals surface area contributed by atoms with E-state index in [4.69, 9.17) is 4.74 Å². The highest BCUT2D eigenvalue weighted by Gasteiger charge is 2.22. The molecule has 0 spiro atoms. The van der Waals surface area contributed by atoms with E-state index in [1.165, 1.54) is 81.1 Å². The van der Waals surface area contributed by atoms with E-state index in [1.807, 2.05) is 0 Å². The second kappa shape index (κ2) is 10.2. The molecule has 2 nitrogen and oxygen atoms in total. The first kappa shape index (κ1) is 19.7.